The number of Topliss-reactive ketones (excluding diaryl/α,β-unsaturated/α-hetero) is 1. The van der Waals surface area contributed by atoms with Crippen LogP contribution in [0.25, 0.3) is 11.1 Å². The van der Waals surface area contributed by atoms with E-state index < -0.39 is 5.97 Å². The third-order valence-electron chi connectivity index (χ3n) is 4.63. The van der Waals surface area contributed by atoms with Gasteiger partial charge in [-0.2, -0.15) is 0 Å². The maximum Gasteiger partial charge on any atom is 0.310 e. The van der Waals surface area contributed by atoms with Crippen LogP contribution in [-0.4, -0.2) is 31.6 Å². The van der Waals surface area contributed by atoms with Gasteiger partial charge in [0.2, 0.25) is 0 Å². The van der Waals surface area contributed by atoms with Gasteiger partial charge in [0.1, 0.15) is 13.2 Å². The van der Waals surface area contributed by atoms with Gasteiger partial charge in [0, 0.05) is 5.56 Å². The average Bonchev–Trinajstić information content (AvgIpc) is 2.78. The molecule has 0 spiro atoms. The molecule has 5 heteroatoms. The third-order valence-corrected chi connectivity index (χ3v) is 4.63. The first-order valence-electron chi connectivity index (χ1n) is 9.42. The Morgan fingerprint density at radius 1 is 0.793 bits per heavy atom. The van der Waals surface area contributed by atoms with E-state index >= 15 is 0 Å². The van der Waals surface area contributed by atoms with Crippen molar-refractivity contribution in [2.75, 3.05) is 19.8 Å². The van der Waals surface area contributed by atoms with E-state index in [1.165, 1.54) is 0 Å². The molecular formula is C24H20O5. The molecule has 0 aliphatic carbocycles. The van der Waals surface area contributed by atoms with Gasteiger partial charge in [0.25, 0.3) is 0 Å². The van der Waals surface area contributed by atoms with Crippen LogP contribution in [-0.2, 0) is 16.0 Å². The lowest BCUT2D eigenvalue weighted by Crippen LogP contribution is -2.17. The second kappa shape index (κ2) is 8.61. The first-order valence-corrected chi connectivity index (χ1v) is 9.42. The lowest BCUT2D eigenvalue weighted by Gasteiger charge is -2.18. The fraction of sp³-hybridized carbons (Fsp3) is 0.167. The zero-order valence-corrected chi connectivity index (χ0v) is 15.8. The normalized spacial score (nSPS) is 12.3. The smallest absolute Gasteiger partial charge is 0.310 e. The minimum atomic E-state index is -0.462. The molecule has 0 fully saturated rings. The second-order valence-electron chi connectivity index (χ2n) is 6.68. The number of rotatable bonds is 6. The van der Waals surface area contributed by atoms with Crippen LogP contribution in [0.5, 0.6) is 11.5 Å². The van der Waals surface area contributed by atoms with Crippen LogP contribution in [0.15, 0.2) is 72.8 Å². The summed E-state index contributed by atoms with van der Waals surface area (Å²) >= 11 is 0. The molecule has 0 aromatic heterocycles. The molecule has 1 aliphatic heterocycles. The summed E-state index contributed by atoms with van der Waals surface area (Å²) in [7, 11) is 0. The largest absolute Gasteiger partial charge is 0.486 e. The van der Waals surface area contributed by atoms with Gasteiger partial charge in [-0.15, -0.1) is 0 Å². The number of benzene rings is 3. The van der Waals surface area contributed by atoms with Gasteiger partial charge in [0.15, 0.2) is 23.9 Å². The lowest BCUT2D eigenvalue weighted by molar-refractivity contribution is -0.141. The molecule has 0 atom stereocenters. The Morgan fingerprint density at radius 2 is 1.48 bits per heavy atom. The Labute approximate surface area is 168 Å². The molecular weight excluding hydrogens is 368 g/mol. The van der Waals surface area contributed by atoms with E-state index in [9.17, 15) is 9.59 Å². The standard InChI is InChI=1S/C24H20O5/c25-21(20-9-7-19(8-10-20)18-4-2-1-3-5-18)16-29-24(26)15-17-6-11-22-23(14-17)28-13-12-27-22/h1-11,14H,12-13,15-16H2. The number of fused-ring (bicyclic) bond motifs is 1. The van der Waals surface area contributed by atoms with Crippen molar-refractivity contribution >= 4 is 11.8 Å². The molecule has 0 saturated carbocycles. The van der Waals surface area contributed by atoms with Crippen molar-refractivity contribution in [3.05, 3.63) is 83.9 Å². The quantitative estimate of drug-likeness (QED) is 0.470. The Bertz CT molecular complexity index is 1010. The van der Waals surface area contributed by atoms with Crippen LogP contribution in [0.4, 0.5) is 0 Å². The summed E-state index contributed by atoms with van der Waals surface area (Å²) in [4.78, 5) is 24.4. The van der Waals surface area contributed by atoms with Crippen molar-refractivity contribution in [3.63, 3.8) is 0 Å². The Balaban J connectivity index is 1.31. The van der Waals surface area contributed by atoms with Gasteiger partial charge in [0.05, 0.1) is 6.42 Å². The minimum Gasteiger partial charge on any atom is -0.486 e. The van der Waals surface area contributed by atoms with Crippen molar-refractivity contribution in [3.8, 4) is 22.6 Å². The van der Waals surface area contributed by atoms with Crippen LogP contribution >= 0.6 is 0 Å². The van der Waals surface area contributed by atoms with Crippen LogP contribution < -0.4 is 9.47 Å². The maximum atomic E-state index is 12.3. The SMILES string of the molecule is O=C(Cc1ccc2c(c1)OCCO2)OCC(=O)c1ccc(-c2ccccc2)cc1. The molecule has 0 amide bonds. The minimum absolute atomic E-state index is 0.0663. The molecule has 3 aromatic rings. The van der Waals surface area contributed by atoms with E-state index in [4.69, 9.17) is 14.2 Å². The molecule has 0 N–H and O–H groups in total. The molecule has 4 rings (SSSR count). The van der Waals surface area contributed by atoms with Crippen molar-refractivity contribution in [2.45, 2.75) is 6.42 Å². The summed E-state index contributed by atoms with van der Waals surface area (Å²) in [5, 5.41) is 0. The van der Waals surface area contributed by atoms with Crippen LogP contribution in [0.3, 0.4) is 0 Å². The summed E-state index contributed by atoms with van der Waals surface area (Å²) < 4.78 is 16.1. The van der Waals surface area contributed by atoms with E-state index in [2.05, 4.69) is 0 Å². The highest BCUT2D eigenvalue weighted by molar-refractivity contribution is 5.98. The summed E-state index contributed by atoms with van der Waals surface area (Å²) in [6, 6.07) is 22.5. The van der Waals surface area contributed by atoms with Crippen molar-refractivity contribution < 1.29 is 23.8 Å². The van der Waals surface area contributed by atoms with Crippen molar-refractivity contribution in [2.24, 2.45) is 0 Å². The molecule has 1 aliphatic rings. The van der Waals surface area contributed by atoms with E-state index in [1.807, 2.05) is 42.5 Å². The molecule has 5 nitrogen and oxygen atoms in total. The van der Waals surface area contributed by atoms with Crippen molar-refractivity contribution in [1.82, 2.24) is 0 Å². The summed E-state index contributed by atoms with van der Waals surface area (Å²) in [5.74, 6) is 0.592. The van der Waals surface area contributed by atoms with Gasteiger partial charge in [-0.05, 0) is 28.8 Å². The highest BCUT2D eigenvalue weighted by atomic mass is 16.6. The molecule has 3 aromatic carbocycles. The van der Waals surface area contributed by atoms with Crippen LogP contribution in [0.2, 0.25) is 0 Å². The molecule has 1 heterocycles. The molecule has 0 unspecified atom stereocenters. The monoisotopic (exact) mass is 388 g/mol. The fourth-order valence-corrected chi connectivity index (χ4v) is 3.12. The van der Waals surface area contributed by atoms with Gasteiger partial charge < -0.3 is 14.2 Å². The average molecular weight is 388 g/mol. The maximum absolute atomic E-state index is 12.3. The molecule has 146 valence electrons. The third kappa shape index (κ3) is 4.63. The van der Waals surface area contributed by atoms with Gasteiger partial charge in [-0.3, -0.25) is 9.59 Å². The molecule has 0 saturated heterocycles. The number of hydrogen-bond acceptors (Lipinski definition) is 5. The zero-order chi connectivity index (χ0) is 20.1. The van der Waals surface area contributed by atoms with Gasteiger partial charge >= 0.3 is 5.97 Å². The highest BCUT2D eigenvalue weighted by Crippen LogP contribution is 2.30. The molecule has 29 heavy (non-hydrogen) atoms. The predicted molar refractivity (Wildman–Crippen MR) is 108 cm³/mol. The number of ether oxygens (including phenoxy) is 3. The second-order valence-corrected chi connectivity index (χ2v) is 6.68. The number of esters is 1. The topological polar surface area (TPSA) is 61.8 Å². The fourth-order valence-electron chi connectivity index (χ4n) is 3.12. The Kier molecular flexibility index (Phi) is 5.56. The number of ketones is 1. The first-order chi connectivity index (χ1) is 14.2. The number of hydrogen-bond donors (Lipinski definition) is 0. The van der Waals surface area contributed by atoms with Crippen molar-refractivity contribution in [1.29, 1.82) is 0 Å². The summed E-state index contributed by atoms with van der Waals surface area (Å²) in [5.41, 5.74) is 3.37. The van der Waals surface area contributed by atoms with E-state index in [0.29, 0.717) is 30.3 Å². The highest BCUT2D eigenvalue weighted by Gasteiger charge is 2.15. The van der Waals surface area contributed by atoms with E-state index in [-0.39, 0.29) is 18.8 Å². The van der Waals surface area contributed by atoms with E-state index in [1.54, 1.807) is 30.3 Å². The van der Waals surface area contributed by atoms with E-state index in [0.717, 1.165) is 16.7 Å². The van der Waals surface area contributed by atoms with Crippen LogP contribution in [0.1, 0.15) is 15.9 Å². The predicted octanol–water partition coefficient (Wildman–Crippen LogP) is 4.09. The molecule has 0 radical (unpaired) electrons. The summed E-state index contributed by atoms with van der Waals surface area (Å²) in [6.07, 6.45) is 0.0663. The lowest BCUT2D eigenvalue weighted by atomic mass is 10.0. The zero-order valence-electron chi connectivity index (χ0n) is 15.8. The summed E-state index contributed by atoms with van der Waals surface area (Å²) in [6.45, 7) is 0.718. The van der Waals surface area contributed by atoms with Gasteiger partial charge in [-0.25, -0.2) is 0 Å². The number of carbonyl (C=O) groups is 2. The van der Waals surface area contributed by atoms with Crippen LogP contribution in [0, 0.1) is 0 Å². The Morgan fingerprint density at radius 3 is 2.24 bits per heavy atom. The first kappa shape index (κ1) is 18.7. The number of carbonyl (C=O) groups excluding carboxylic acids is 2. The Hall–Kier alpha value is -3.60. The molecule has 0 bridgehead atoms. The van der Waals surface area contributed by atoms with Gasteiger partial charge in [-0.1, -0.05) is 60.7 Å².